The third-order valence-corrected chi connectivity index (χ3v) is 5.56. The SMILES string of the molecule is Cc1cc(Cl)ccc1NS(=O)(=O)c1cc(C(=O)O)cs1. The molecule has 106 valence electrons. The third-order valence-electron chi connectivity index (χ3n) is 2.52. The van der Waals surface area contributed by atoms with Crippen molar-refractivity contribution >= 4 is 44.6 Å². The number of aryl methyl sites for hydroxylation is 1. The maximum Gasteiger partial charge on any atom is 0.336 e. The summed E-state index contributed by atoms with van der Waals surface area (Å²) in [4.78, 5) is 10.8. The van der Waals surface area contributed by atoms with Crippen LogP contribution < -0.4 is 4.72 Å². The molecule has 0 radical (unpaired) electrons. The molecular weight excluding hydrogens is 322 g/mol. The number of hydrogen-bond donors (Lipinski definition) is 2. The van der Waals surface area contributed by atoms with Crippen LogP contribution in [0.5, 0.6) is 0 Å². The summed E-state index contributed by atoms with van der Waals surface area (Å²) >= 11 is 6.66. The van der Waals surface area contributed by atoms with Crippen molar-refractivity contribution < 1.29 is 18.3 Å². The fraction of sp³-hybridized carbons (Fsp3) is 0.0833. The minimum absolute atomic E-state index is 0.0516. The number of carboxylic acid groups (broad SMARTS) is 1. The fourth-order valence-corrected chi connectivity index (χ4v) is 4.02. The lowest BCUT2D eigenvalue weighted by Crippen LogP contribution is -2.12. The van der Waals surface area contributed by atoms with Crippen LogP contribution in [-0.2, 0) is 10.0 Å². The molecular formula is C12H10ClNO4S2. The number of sulfonamides is 1. The summed E-state index contributed by atoms with van der Waals surface area (Å²) < 4.78 is 26.7. The van der Waals surface area contributed by atoms with Gasteiger partial charge in [0.15, 0.2) is 0 Å². The van der Waals surface area contributed by atoms with Crippen LogP contribution >= 0.6 is 22.9 Å². The van der Waals surface area contributed by atoms with E-state index in [9.17, 15) is 13.2 Å². The van der Waals surface area contributed by atoms with E-state index in [0.717, 1.165) is 17.4 Å². The van der Waals surface area contributed by atoms with Crippen LogP contribution in [0, 0.1) is 6.92 Å². The number of benzene rings is 1. The van der Waals surface area contributed by atoms with Gasteiger partial charge in [0.2, 0.25) is 0 Å². The summed E-state index contributed by atoms with van der Waals surface area (Å²) in [7, 11) is -3.80. The number of anilines is 1. The number of aromatic carboxylic acids is 1. The highest BCUT2D eigenvalue weighted by molar-refractivity contribution is 7.94. The van der Waals surface area contributed by atoms with E-state index in [0.29, 0.717) is 16.3 Å². The van der Waals surface area contributed by atoms with Gasteiger partial charge in [0, 0.05) is 10.4 Å². The Labute approximate surface area is 124 Å². The highest BCUT2D eigenvalue weighted by Gasteiger charge is 2.19. The van der Waals surface area contributed by atoms with Crippen molar-refractivity contribution in [3.63, 3.8) is 0 Å². The van der Waals surface area contributed by atoms with Crippen LogP contribution in [0.2, 0.25) is 5.02 Å². The molecule has 20 heavy (non-hydrogen) atoms. The zero-order valence-electron chi connectivity index (χ0n) is 10.3. The highest BCUT2D eigenvalue weighted by Crippen LogP contribution is 2.26. The van der Waals surface area contributed by atoms with Gasteiger partial charge >= 0.3 is 5.97 Å². The van der Waals surface area contributed by atoms with E-state index >= 15 is 0 Å². The standard InChI is InChI=1S/C12H10ClNO4S2/c1-7-4-9(13)2-3-10(7)14-20(17,18)11-5-8(6-19-11)12(15)16/h2-6,14H,1H3,(H,15,16). The second-order valence-electron chi connectivity index (χ2n) is 4.02. The molecule has 8 heteroatoms. The molecule has 0 atom stereocenters. The van der Waals surface area contributed by atoms with Gasteiger partial charge in [-0.2, -0.15) is 0 Å². The van der Waals surface area contributed by atoms with Crippen LogP contribution in [0.1, 0.15) is 15.9 Å². The Bertz CT molecular complexity index is 768. The summed E-state index contributed by atoms with van der Waals surface area (Å²) in [5.41, 5.74) is 1.03. The van der Waals surface area contributed by atoms with Crippen molar-refractivity contribution in [1.82, 2.24) is 0 Å². The number of halogens is 1. The molecule has 0 spiro atoms. The lowest BCUT2D eigenvalue weighted by molar-refractivity contribution is 0.0697. The van der Waals surface area contributed by atoms with Gasteiger partial charge < -0.3 is 5.11 Å². The van der Waals surface area contributed by atoms with Gasteiger partial charge in [-0.1, -0.05) is 11.6 Å². The van der Waals surface area contributed by atoms with Crippen molar-refractivity contribution in [2.24, 2.45) is 0 Å². The second kappa shape index (κ2) is 5.43. The number of carbonyl (C=O) groups is 1. The van der Waals surface area contributed by atoms with Gasteiger partial charge in [0.05, 0.1) is 11.3 Å². The Hall–Kier alpha value is -1.57. The molecule has 0 aliphatic rings. The summed E-state index contributed by atoms with van der Waals surface area (Å²) in [6.45, 7) is 1.72. The van der Waals surface area contributed by atoms with Crippen molar-refractivity contribution in [1.29, 1.82) is 0 Å². The van der Waals surface area contributed by atoms with Gasteiger partial charge in [0.1, 0.15) is 4.21 Å². The number of thiophene rings is 1. The maximum absolute atomic E-state index is 12.1. The second-order valence-corrected chi connectivity index (χ2v) is 7.28. The van der Waals surface area contributed by atoms with Crippen molar-refractivity contribution in [3.8, 4) is 0 Å². The molecule has 0 bridgehead atoms. The quantitative estimate of drug-likeness (QED) is 0.901. The summed E-state index contributed by atoms with van der Waals surface area (Å²) in [5, 5.41) is 10.6. The first-order valence-corrected chi connectivity index (χ1v) is 8.14. The lowest BCUT2D eigenvalue weighted by atomic mass is 10.2. The van der Waals surface area contributed by atoms with Gasteiger partial charge in [-0.3, -0.25) is 4.72 Å². The summed E-state index contributed by atoms with van der Waals surface area (Å²) in [6, 6.07) is 5.89. The minimum Gasteiger partial charge on any atom is -0.478 e. The van der Waals surface area contributed by atoms with Crippen LogP contribution in [0.15, 0.2) is 33.9 Å². The number of rotatable bonds is 4. The number of carboxylic acids is 1. The van der Waals surface area contributed by atoms with E-state index < -0.39 is 16.0 Å². The minimum atomic E-state index is -3.80. The molecule has 0 aliphatic heterocycles. The van der Waals surface area contributed by atoms with Gasteiger partial charge in [-0.15, -0.1) is 11.3 Å². The maximum atomic E-state index is 12.1. The molecule has 2 N–H and O–H groups in total. The molecule has 0 fully saturated rings. The average Bonchev–Trinajstić information content (AvgIpc) is 2.83. The largest absolute Gasteiger partial charge is 0.478 e. The summed E-state index contributed by atoms with van der Waals surface area (Å²) in [6.07, 6.45) is 0. The van der Waals surface area contributed by atoms with Crippen molar-refractivity contribution in [2.45, 2.75) is 11.1 Å². The van der Waals surface area contributed by atoms with Crippen molar-refractivity contribution in [3.05, 3.63) is 45.8 Å². The Morgan fingerprint density at radius 2 is 2.05 bits per heavy atom. The Morgan fingerprint density at radius 3 is 2.60 bits per heavy atom. The fourth-order valence-electron chi connectivity index (χ4n) is 1.51. The Morgan fingerprint density at radius 1 is 1.35 bits per heavy atom. The van der Waals surface area contributed by atoms with Crippen LogP contribution in [0.4, 0.5) is 5.69 Å². The van der Waals surface area contributed by atoms with E-state index in [-0.39, 0.29) is 9.77 Å². The highest BCUT2D eigenvalue weighted by atomic mass is 35.5. The zero-order chi connectivity index (χ0) is 14.9. The summed E-state index contributed by atoms with van der Waals surface area (Å²) in [5.74, 6) is -1.16. The number of nitrogens with one attached hydrogen (secondary N) is 1. The molecule has 1 heterocycles. The predicted molar refractivity (Wildman–Crippen MR) is 78.3 cm³/mol. The molecule has 0 amide bonds. The molecule has 0 unspecified atom stereocenters. The molecule has 1 aromatic heterocycles. The first-order valence-electron chi connectivity index (χ1n) is 5.40. The topological polar surface area (TPSA) is 83.5 Å². The van der Waals surface area contributed by atoms with Gasteiger partial charge in [-0.05, 0) is 36.8 Å². The lowest BCUT2D eigenvalue weighted by Gasteiger charge is -2.09. The molecule has 0 saturated heterocycles. The molecule has 2 aromatic rings. The first-order chi connectivity index (χ1) is 9.29. The van der Waals surface area contributed by atoms with E-state index in [1.165, 1.54) is 5.38 Å². The van der Waals surface area contributed by atoms with Gasteiger partial charge in [-0.25, -0.2) is 13.2 Å². The predicted octanol–water partition coefficient (Wildman–Crippen LogP) is 3.21. The van der Waals surface area contributed by atoms with Gasteiger partial charge in [0.25, 0.3) is 10.0 Å². The number of hydrogen-bond acceptors (Lipinski definition) is 4. The first kappa shape index (κ1) is 14.8. The van der Waals surface area contributed by atoms with E-state index in [1.807, 2.05) is 0 Å². The molecule has 1 aromatic carbocycles. The van der Waals surface area contributed by atoms with E-state index in [1.54, 1.807) is 25.1 Å². The molecule has 5 nitrogen and oxygen atoms in total. The average molecular weight is 332 g/mol. The monoisotopic (exact) mass is 331 g/mol. The third kappa shape index (κ3) is 3.12. The van der Waals surface area contributed by atoms with Crippen LogP contribution in [0.3, 0.4) is 0 Å². The molecule has 2 rings (SSSR count). The van der Waals surface area contributed by atoms with E-state index in [4.69, 9.17) is 16.7 Å². The van der Waals surface area contributed by atoms with Crippen LogP contribution in [0.25, 0.3) is 0 Å². The Kier molecular flexibility index (Phi) is 4.03. The van der Waals surface area contributed by atoms with Crippen molar-refractivity contribution in [2.75, 3.05) is 4.72 Å². The molecule has 0 saturated carbocycles. The van der Waals surface area contributed by atoms with Crippen LogP contribution in [-0.4, -0.2) is 19.5 Å². The zero-order valence-corrected chi connectivity index (χ0v) is 12.6. The molecule has 0 aliphatic carbocycles. The smallest absolute Gasteiger partial charge is 0.336 e. The Balaban J connectivity index is 2.33. The normalized spacial score (nSPS) is 11.3. The van der Waals surface area contributed by atoms with E-state index in [2.05, 4.69) is 4.72 Å².